The monoisotopic (exact) mass is 226 g/mol. The Balaban J connectivity index is 2.75. The second kappa shape index (κ2) is 5.36. The van der Waals surface area contributed by atoms with E-state index in [1.807, 2.05) is 13.0 Å². The summed E-state index contributed by atoms with van der Waals surface area (Å²) in [7, 11) is 0. The maximum Gasteiger partial charge on any atom is 0.152 e. The van der Waals surface area contributed by atoms with Gasteiger partial charge in [-0.15, -0.1) is 0 Å². The Morgan fingerprint density at radius 2 is 2.13 bits per heavy atom. The van der Waals surface area contributed by atoms with Crippen molar-refractivity contribution in [2.75, 3.05) is 5.32 Å². The first kappa shape index (κ1) is 12.3. The summed E-state index contributed by atoms with van der Waals surface area (Å²) in [5, 5.41) is 3.96. The molecular formula is C12H19ClN2. The molecule has 2 nitrogen and oxygen atoms in total. The van der Waals surface area contributed by atoms with Gasteiger partial charge < -0.3 is 5.32 Å². The zero-order valence-electron chi connectivity index (χ0n) is 9.84. The van der Waals surface area contributed by atoms with E-state index >= 15 is 0 Å². The summed E-state index contributed by atoms with van der Waals surface area (Å²) >= 11 is 6.01. The van der Waals surface area contributed by atoms with Crippen LogP contribution in [0.1, 0.15) is 32.8 Å². The maximum atomic E-state index is 6.01. The molecule has 0 aliphatic carbocycles. The van der Waals surface area contributed by atoms with Crippen LogP contribution in [0.15, 0.2) is 12.3 Å². The Hall–Kier alpha value is -0.760. The molecule has 0 saturated heterocycles. The molecule has 0 fully saturated rings. The number of rotatable bonds is 4. The van der Waals surface area contributed by atoms with E-state index in [-0.39, 0.29) is 0 Å². The third-order valence-corrected chi connectivity index (χ3v) is 3.16. The molecule has 3 heteroatoms. The highest BCUT2D eigenvalue weighted by molar-refractivity contribution is 6.31. The van der Waals surface area contributed by atoms with Crippen molar-refractivity contribution in [2.45, 2.75) is 40.2 Å². The first-order valence-electron chi connectivity index (χ1n) is 5.43. The molecule has 1 aromatic rings. The maximum absolute atomic E-state index is 6.01. The fraction of sp³-hybridized carbons (Fsp3) is 0.583. The second-order valence-electron chi connectivity index (χ2n) is 4.17. The number of nitrogens with zero attached hydrogens (tertiary/aromatic N) is 1. The lowest BCUT2D eigenvalue weighted by molar-refractivity contribution is 0.494. The molecule has 0 aliphatic heterocycles. The smallest absolute Gasteiger partial charge is 0.152 e. The summed E-state index contributed by atoms with van der Waals surface area (Å²) in [6.45, 7) is 8.61. The van der Waals surface area contributed by atoms with Crippen molar-refractivity contribution in [1.82, 2.24) is 4.98 Å². The lowest BCUT2D eigenvalue weighted by atomic mass is 10.0. The van der Waals surface area contributed by atoms with Gasteiger partial charge in [-0.1, -0.05) is 31.9 Å². The van der Waals surface area contributed by atoms with Crippen LogP contribution in [-0.4, -0.2) is 11.0 Å². The van der Waals surface area contributed by atoms with Crippen LogP contribution < -0.4 is 5.32 Å². The molecule has 0 aliphatic rings. The molecule has 1 heterocycles. The largest absolute Gasteiger partial charge is 0.380 e. The molecule has 1 rings (SSSR count). The molecule has 0 aromatic carbocycles. The fourth-order valence-electron chi connectivity index (χ4n) is 1.39. The zero-order chi connectivity index (χ0) is 11.4. The number of hydrogen-bond donors (Lipinski definition) is 1. The minimum absolute atomic E-state index is 0.413. The van der Waals surface area contributed by atoms with E-state index in [1.54, 1.807) is 6.20 Å². The van der Waals surface area contributed by atoms with E-state index in [0.29, 0.717) is 17.1 Å². The number of nitrogens with one attached hydrogen (secondary N) is 1. The third kappa shape index (κ3) is 3.38. The van der Waals surface area contributed by atoms with E-state index in [1.165, 1.54) is 0 Å². The van der Waals surface area contributed by atoms with Crippen LogP contribution >= 0.6 is 11.6 Å². The minimum Gasteiger partial charge on any atom is -0.380 e. The first-order valence-corrected chi connectivity index (χ1v) is 5.81. The van der Waals surface area contributed by atoms with Crippen LogP contribution in [0.5, 0.6) is 0 Å². The average molecular weight is 227 g/mol. The normalized spacial score (nSPS) is 14.7. The topological polar surface area (TPSA) is 24.9 Å². The first-order chi connectivity index (χ1) is 7.04. The Kier molecular flexibility index (Phi) is 4.40. The number of hydrogen-bond acceptors (Lipinski definition) is 2. The number of halogens is 1. The molecule has 0 spiro atoms. The predicted octanol–water partition coefficient (Wildman–Crippen LogP) is 3.89. The molecular weight excluding hydrogens is 208 g/mol. The van der Waals surface area contributed by atoms with E-state index in [9.17, 15) is 0 Å². The third-order valence-electron chi connectivity index (χ3n) is 2.86. The van der Waals surface area contributed by atoms with Gasteiger partial charge in [-0.05, 0) is 31.4 Å². The summed E-state index contributed by atoms with van der Waals surface area (Å²) in [5.74, 6) is 0.626. The molecule has 1 N–H and O–H groups in total. The molecule has 0 saturated carbocycles. The van der Waals surface area contributed by atoms with Crippen molar-refractivity contribution in [3.63, 3.8) is 0 Å². The molecule has 0 amide bonds. The van der Waals surface area contributed by atoms with Crippen LogP contribution in [0.4, 0.5) is 5.69 Å². The molecule has 0 bridgehead atoms. The van der Waals surface area contributed by atoms with Gasteiger partial charge in [-0.25, -0.2) is 4.98 Å². The lowest BCUT2D eigenvalue weighted by Crippen LogP contribution is -2.23. The summed E-state index contributed by atoms with van der Waals surface area (Å²) in [5.41, 5.74) is 2.06. The Bertz CT molecular complexity index is 325. The highest BCUT2D eigenvalue weighted by Crippen LogP contribution is 2.22. The number of pyridine rings is 1. The SMILES string of the molecule is CCC(C)C(C)Nc1cc(C)cnc1Cl. The van der Waals surface area contributed by atoms with Crippen LogP contribution in [0.25, 0.3) is 0 Å². The van der Waals surface area contributed by atoms with Crippen molar-refractivity contribution < 1.29 is 0 Å². The van der Waals surface area contributed by atoms with Gasteiger partial charge in [0, 0.05) is 12.2 Å². The zero-order valence-corrected chi connectivity index (χ0v) is 10.6. The van der Waals surface area contributed by atoms with Crippen LogP contribution in [-0.2, 0) is 0 Å². The summed E-state index contributed by atoms with van der Waals surface area (Å²) < 4.78 is 0. The van der Waals surface area contributed by atoms with Crippen LogP contribution in [0, 0.1) is 12.8 Å². The van der Waals surface area contributed by atoms with E-state index in [0.717, 1.165) is 17.7 Å². The van der Waals surface area contributed by atoms with Gasteiger partial charge in [-0.3, -0.25) is 0 Å². The predicted molar refractivity (Wildman–Crippen MR) is 66.5 cm³/mol. The molecule has 84 valence electrons. The standard InChI is InChI=1S/C12H19ClN2/c1-5-9(3)10(4)15-11-6-8(2)7-14-12(11)13/h6-7,9-10,15H,5H2,1-4H3. The van der Waals surface area contributed by atoms with Crippen molar-refractivity contribution in [3.8, 4) is 0 Å². The Labute approximate surface area is 97.1 Å². The van der Waals surface area contributed by atoms with Gasteiger partial charge in [-0.2, -0.15) is 0 Å². The highest BCUT2D eigenvalue weighted by Gasteiger charge is 2.11. The minimum atomic E-state index is 0.413. The molecule has 1 aromatic heterocycles. The van der Waals surface area contributed by atoms with E-state index < -0.39 is 0 Å². The van der Waals surface area contributed by atoms with Crippen LogP contribution in [0.3, 0.4) is 0 Å². The highest BCUT2D eigenvalue weighted by atomic mass is 35.5. The van der Waals surface area contributed by atoms with Gasteiger partial charge in [0.25, 0.3) is 0 Å². The van der Waals surface area contributed by atoms with E-state index in [2.05, 4.69) is 31.1 Å². The molecule has 2 unspecified atom stereocenters. The van der Waals surface area contributed by atoms with Crippen molar-refractivity contribution in [1.29, 1.82) is 0 Å². The van der Waals surface area contributed by atoms with Gasteiger partial charge in [0.1, 0.15) is 0 Å². The van der Waals surface area contributed by atoms with Gasteiger partial charge in [0.05, 0.1) is 5.69 Å². The molecule has 0 radical (unpaired) electrons. The van der Waals surface area contributed by atoms with Crippen molar-refractivity contribution in [2.24, 2.45) is 5.92 Å². The summed E-state index contributed by atoms with van der Waals surface area (Å²) in [6.07, 6.45) is 2.94. The lowest BCUT2D eigenvalue weighted by Gasteiger charge is -2.21. The van der Waals surface area contributed by atoms with Crippen molar-refractivity contribution >= 4 is 17.3 Å². The summed E-state index contributed by atoms with van der Waals surface area (Å²) in [6, 6.07) is 2.45. The molecule has 15 heavy (non-hydrogen) atoms. The van der Waals surface area contributed by atoms with Crippen LogP contribution in [0.2, 0.25) is 5.15 Å². The summed E-state index contributed by atoms with van der Waals surface area (Å²) in [4.78, 5) is 4.12. The Morgan fingerprint density at radius 1 is 1.47 bits per heavy atom. The quantitative estimate of drug-likeness (QED) is 0.788. The number of aromatic nitrogens is 1. The van der Waals surface area contributed by atoms with Gasteiger partial charge >= 0.3 is 0 Å². The number of aryl methyl sites for hydroxylation is 1. The fourth-order valence-corrected chi connectivity index (χ4v) is 1.55. The molecule has 2 atom stereocenters. The average Bonchev–Trinajstić information content (AvgIpc) is 2.22. The van der Waals surface area contributed by atoms with Gasteiger partial charge in [0.15, 0.2) is 5.15 Å². The second-order valence-corrected chi connectivity index (χ2v) is 4.53. The Morgan fingerprint density at radius 3 is 2.73 bits per heavy atom. The van der Waals surface area contributed by atoms with Gasteiger partial charge in [0.2, 0.25) is 0 Å². The van der Waals surface area contributed by atoms with Crippen molar-refractivity contribution in [3.05, 3.63) is 23.0 Å². The number of anilines is 1. The van der Waals surface area contributed by atoms with E-state index in [4.69, 9.17) is 11.6 Å².